The first-order chi connectivity index (χ1) is 11.5. The van der Waals surface area contributed by atoms with Crippen LogP contribution in [0.3, 0.4) is 0 Å². The van der Waals surface area contributed by atoms with Gasteiger partial charge in [0, 0.05) is 10.9 Å². The zero-order chi connectivity index (χ0) is 17.5. The van der Waals surface area contributed by atoms with Crippen LogP contribution >= 0.6 is 11.5 Å². The lowest BCUT2D eigenvalue weighted by Crippen LogP contribution is -1.88. The monoisotopic (exact) mass is 339 g/mol. The van der Waals surface area contributed by atoms with Gasteiger partial charge in [0.2, 0.25) is 0 Å². The minimum Gasteiger partial charge on any atom is -0.497 e. The molecule has 3 rings (SSSR count). The van der Waals surface area contributed by atoms with Crippen molar-refractivity contribution in [2.24, 2.45) is 0 Å². The van der Waals surface area contributed by atoms with Gasteiger partial charge in [-0.1, -0.05) is 17.7 Å². The first kappa shape index (κ1) is 18.2. The molecule has 0 amide bonds. The average molecular weight is 340 g/mol. The zero-order valence-electron chi connectivity index (χ0n) is 15.1. The third kappa shape index (κ3) is 4.93. The highest BCUT2D eigenvalue weighted by atomic mass is 32.1. The molecule has 1 aliphatic carbocycles. The fourth-order valence-electron chi connectivity index (χ4n) is 2.41. The summed E-state index contributed by atoms with van der Waals surface area (Å²) >= 11 is 1.50. The molecular formula is C21H25NOS. The van der Waals surface area contributed by atoms with Crippen LogP contribution in [0.2, 0.25) is 0 Å². The van der Waals surface area contributed by atoms with E-state index >= 15 is 0 Å². The zero-order valence-corrected chi connectivity index (χ0v) is 15.9. The van der Waals surface area contributed by atoms with Gasteiger partial charge in [-0.3, -0.25) is 0 Å². The number of aromatic nitrogens is 1. The molecule has 2 nitrogen and oxygen atoms in total. The lowest BCUT2D eigenvalue weighted by Gasteiger charge is -2.06. The lowest BCUT2D eigenvalue weighted by molar-refractivity contribution is 0.306. The van der Waals surface area contributed by atoms with Crippen LogP contribution in [0.15, 0.2) is 59.2 Å². The van der Waals surface area contributed by atoms with Crippen molar-refractivity contribution < 1.29 is 4.74 Å². The van der Waals surface area contributed by atoms with Crippen molar-refractivity contribution in [3.05, 3.63) is 75.9 Å². The van der Waals surface area contributed by atoms with Crippen LogP contribution in [0.25, 0.3) is 11.3 Å². The van der Waals surface area contributed by atoms with Crippen molar-refractivity contribution in [3.63, 3.8) is 0 Å². The minimum absolute atomic E-state index is 0.952. The van der Waals surface area contributed by atoms with Crippen molar-refractivity contribution >= 4 is 11.5 Å². The third-order valence-electron chi connectivity index (χ3n) is 4.17. The molecule has 0 unspecified atom stereocenters. The molecule has 3 heteroatoms. The maximum Gasteiger partial charge on any atom is 0.115 e. The highest BCUT2D eigenvalue weighted by Gasteiger charge is 2.04. The van der Waals surface area contributed by atoms with Crippen molar-refractivity contribution in [1.82, 2.24) is 4.37 Å². The Morgan fingerprint density at radius 3 is 2.29 bits per heavy atom. The molecule has 0 aliphatic heterocycles. The molecule has 0 spiro atoms. The number of methoxy groups -OCH3 is 1. The molecule has 1 aromatic carbocycles. The Kier molecular flexibility index (Phi) is 6.56. The molecule has 0 radical (unpaired) electrons. The molecule has 1 heterocycles. The highest BCUT2D eigenvalue weighted by molar-refractivity contribution is 7.03. The Hall–Kier alpha value is -2.13. The first-order valence-electron chi connectivity index (χ1n) is 8.09. The highest BCUT2D eigenvalue weighted by Crippen LogP contribution is 2.24. The first-order valence-corrected chi connectivity index (χ1v) is 8.92. The van der Waals surface area contributed by atoms with E-state index in [1.54, 1.807) is 7.11 Å². The summed E-state index contributed by atoms with van der Waals surface area (Å²) in [5, 5.41) is 2.01. The lowest BCUT2D eigenvalue weighted by atomic mass is 9.99. The summed E-state index contributed by atoms with van der Waals surface area (Å²) in [6.07, 6.45) is 9.25. The van der Waals surface area contributed by atoms with E-state index in [-0.39, 0.29) is 0 Å². The number of aryl methyl sites for hydroxylation is 2. The van der Waals surface area contributed by atoms with Gasteiger partial charge in [0.15, 0.2) is 0 Å². The van der Waals surface area contributed by atoms with Gasteiger partial charge in [-0.25, -0.2) is 0 Å². The molecule has 1 aromatic heterocycles. The summed E-state index contributed by atoms with van der Waals surface area (Å²) in [7, 11) is 1.69. The largest absolute Gasteiger partial charge is 0.497 e. The van der Waals surface area contributed by atoms with Crippen molar-refractivity contribution in [3.8, 4) is 11.3 Å². The molecule has 2 aromatic rings. The van der Waals surface area contributed by atoms with Crippen LogP contribution in [0.1, 0.15) is 30.0 Å². The van der Waals surface area contributed by atoms with E-state index in [0.717, 1.165) is 17.9 Å². The van der Waals surface area contributed by atoms with Gasteiger partial charge < -0.3 is 4.74 Å². The van der Waals surface area contributed by atoms with Crippen LogP contribution in [0.4, 0.5) is 0 Å². The number of ether oxygens (including phenoxy) is 1. The van der Waals surface area contributed by atoms with Crippen LogP contribution in [0, 0.1) is 20.8 Å². The van der Waals surface area contributed by atoms with Gasteiger partial charge in [-0.05, 0) is 92.7 Å². The average Bonchev–Trinajstić information content (AvgIpc) is 3.02. The maximum atomic E-state index is 5.06. The smallest absolute Gasteiger partial charge is 0.115 e. The molecule has 0 saturated heterocycles. The standard InChI is InChI=1S/C12H13NS.C9H12O/c1-8-6-11(7-9(2)10(8)3)12-4-5-14-13-12;1-8-4-3-5-9(10-2)7-6-8/h4-7H,1-3H3;4-7H,3H2,1-2H3. The quantitative estimate of drug-likeness (QED) is 0.654. The van der Waals surface area contributed by atoms with E-state index in [4.69, 9.17) is 4.74 Å². The SMILES string of the molecule is COC1=CCC=C(C)C=C1.Cc1cc(-c2ccsn2)cc(C)c1C. The van der Waals surface area contributed by atoms with Gasteiger partial charge in [-0.2, -0.15) is 4.37 Å². The van der Waals surface area contributed by atoms with Crippen LogP contribution < -0.4 is 0 Å². The van der Waals surface area contributed by atoms with Crippen molar-refractivity contribution in [2.75, 3.05) is 7.11 Å². The number of allylic oxidation sites excluding steroid dienone is 5. The Morgan fingerprint density at radius 1 is 1.00 bits per heavy atom. The predicted molar refractivity (Wildman–Crippen MR) is 104 cm³/mol. The molecule has 0 fully saturated rings. The molecule has 0 saturated carbocycles. The van der Waals surface area contributed by atoms with Gasteiger partial charge >= 0.3 is 0 Å². The summed E-state index contributed by atoms with van der Waals surface area (Å²) in [5.41, 5.74) is 7.67. The van der Waals surface area contributed by atoms with E-state index in [2.05, 4.69) is 68.5 Å². The van der Waals surface area contributed by atoms with Crippen LogP contribution in [-0.4, -0.2) is 11.5 Å². The second-order valence-electron chi connectivity index (χ2n) is 5.95. The van der Waals surface area contributed by atoms with Crippen molar-refractivity contribution in [1.29, 1.82) is 0 Å². The third-order valence-corrected chi connectivity index (χ3v) is 4.73. The molecule has 1 aliphatic rings. The number of hydrogen-bond donors (Lipinski definition) is 0. The van der Waals surface area contributed by atoms with Gasteiger partial charge in [-0.15, -0.1) is 0 Å². The number of hydrogen-bond acceptors (Lipinski definition) is 3. The van der Waals surface area contributed by atoms with E-state index in [1.165, 1.54) is 39.4 Å². The molecule has 24 heavy (non-hydrogen) atoms. The fraction of sp³-hybridized carbons (Fsp3) is 0.286. The summed E-state index contributed by atoms with van der Waals surface area (Å²) in [6.45, 7) is 8.55. The Morgan fingerprint density at radius 2 is 1.71 bits per heavy atom. The Bertz CT molecular complexity index is 744. The Labute approximate surface area is 149 Å². The molecule has 0 N–H and O–H groups in total. The molecule has 126 valence electrons. The Balaban J connectivity index is 0.000000185. The van der Waals surface area contributed by atoms with E-state index in [0.29, 0.717) is 0 Å². The molecule has 0 atom stereocenters. The minimum atomic E-state index is 0.952. The van der Waals surface area contributed by atoms with E-state index in [9.17, 15) is 0 Å². The van der Waals surface area contributed by atoms with E-state index < -0.39 is 0 Å². The number of nitrogens with zero attached hydrogens (tertiary/aromatic N) is 1. The maximum absolute atomic E-state index is 5.06. The number of rotatable bonds is 2. The van der Waals surface area contributed by atoms with Crippen LogP contribution in [-0.2, 0) is 4.74 Å². The molecular weight excluding hydrogens is 314 g/mol. The van der Waals surface area contributed by atoms with E-state index in [1.807, 2.05) is 11.5 Å². The summed E-state index contributed by atoms with van der Waals surface area (Å²) in [4.78, 5) is 0. The van der Waals surface area contributed by atoms with Gasteiger partial charge in [0.25, 0.3) is 0 Å². The fourth-order valence-corrected chi connectivity index (χ4v) is 2.94. The summed E-state index contributed by atoms with van der Waals surface area (Å²) in [5.74, 6) is 0.952. The normalized spacial score (nSPS) is 13.4. The van der Waals surface area contributed by atoms with Crippen molar-refractivity contribution in [2.45, 2.75) is 34.1 Å². The van der Waals surface area contributed by atoms with Crippen LogP contribution in [0.5, 0.6) is 0 Å². The van der Waals surface area contributed by atoms with Gasteiger partial charge in [0.05, 0.1) is 12.8 Å². The van der Waals surface area contributed by atoms with Gasteiger partial charge in [0.1, 0.15) is 5.76 Å². The number of benzene rings is 1. The second-order valence-corrected chi connectivity index (χ2v) is 6.61. The summed E-state index contributed by atoms with van der Waals surface area (Å²) < 4.78 is 9.40. The predicted octanol–water partition coefficient (Wildman–Crippen LogP) is 6.16. The molecule has 0 bridgehead atoms. The summed E-state index contributed by atoms with van der Waals surface area (Å²) in [6, 6.07) is 6.48. The second kappa shape index (κ2) is 8.65. The topological polar surface area (TPSA) is 22.1 Å².